The van der Waals surface area contributed by atoms with Gasteiger partial charge < -0.3 is 9.47 Å². The third-order valence-corrected chi connectivity index (χ3v) is 4.17. The van der Waals surface area contributed by atoms with Gasteiger partial charge in [0.1, 0.15) is 6.61 Å². The van der Waals surface area contributed by atoms with E-state index in [0.29, 0.717) is 6.61 Å². The topological polar surface area (TPSA) is 52.6 Å². The lowest BCUT2D eigenvalue weighted by Crippen LogP contribution is -2.05. The number of rotatable bonds is 12. The van der Waals surface area contributed by atoms with E-state index in [4.69, 9.17) is 9.47 Å². The normalized spacial score (nSPS) is 10.8. The molecule has 1 aromatic rings. The molecule has 0 aromatic heterocycles. The Labute approximate surface area is 158 Å². The molecule has 0 bridgehead atoms. The highest BCUT2D eigenvalue weighted by molar-refractivity contribution is 9.10. The van der Waals surface area contributed by atoms with Crippen molar-refractivity contribution in [3.8, 4) is 0 Å². The molecule has 0 aliphatic heterocycles. The molecule has 1 rings (SSSR count). The van der Waals surface area contributed by atoms with E-state index in [9.17, 15) is 9.59 Å². The van der Waals surface area contributed by atoms with Crippen molar-refractivity contribution < 1.29 is 19.1 Å². The first-order chi connectivity index (χ1) is 12.1. The van der Waals surface area contributed by atoms with Gasteiger partial charge in [-0.3, -0.25) is 0 Å². The lowest BCUT2D eigenvalue weighted by Gasteiger charge is -2.03. The second-order valence-corrected chi connectivity index (χ2v) is 6.77. The van der Waals surface area contributed by atoms with Crippen molar-refractivity contribution in [3.05, 3.63) is 46.5 Å². The number of ether oxygens (including phenoxy) is 2. The number of hydrogen-bond acceptors (Lipinski definition) is 4. The molecule has 0 aliphatic rings. The molecule has 0 aliphatic carbocycles. The van der Waals surface area contributed by atoms with Crippen molar-refractivity contribution in [3.63, 3.8) is 0 Å². The Balaban J connectivity index is 2.08. The van der Waals surface area contributed by atoms with Gasteiger partial charge in [0, 0.05) is 16.6 Å². The van der Waals surface area contributed by atoms with Gasteiger partial charge in [0.2, 0.25) is 0 Å². The molecule has 0 radical (unpaired) electrons. The van der Waals surface area contributed by atoms with Gasteiger partial charge in [0.25, 0.3) is 0 Å². The zero-order valence-electron chi connectivity index (χ0n) is 14.8. The van der Waals surface area contributed by atoms with Gasteiger partial charge in [0.15, 0.2) is 0 Å². The van der Waals surface area contributed by atoms with Gasteiger partial charge in [-0.1, -0.05) is 73.5 Å². The van der Waals surface area contributed by atoms with Crippen LogP contribution >= 0.6 is 15.9 Å². The lowest BCUT2D eigenvalue weighted by atomic mass is 10.1. The molecule has 0 unspecified atom stereocenters. The minimum atomic E-state index is -0.559. The van der Waals surface area contributed by atoms with E-state index >= 15 is 0 Å². The van der Waals surface area contributed by atoms with Gasteiger partial charge in [-0.2, -0.15) is 0 Å². The van der Waals surface area contributed by atoms with Gasteiger partial charge in [0.05, 0.1) is 6.61 Å². The monoisotopic (exact) mass is 410 g/mol. The predicted molar refractivity (Wildman–Crippen MR) is 102 cm³/mol. The fraction of sp³-hybridized carbons (Fsp3) is 0.500. The summed E-state index contributed by atoms with van der Waals surface area (Å²) < 4.78 is 11.1. The zero-order chi connectivity index (χ0) is 18.3. The van der Waals surface area contributed by atoms with Crippen molar-refractivity contribution in [2.45, 2.75) is 58.5 Å². The van der Waals surface area contributed by atoms with Crippen molar-refractivity contribution in [1.29, 1.82) is 0 Å². The highest BCUT2D eigenvalue weighted by atomic mass is 79.9. The summed E-state index contributed by atoms with van der Waals surface area (Å²) in [7, 11) is 0. The number of carbonyl (C=O) groups excluding carboxylic acids is 2. The Hall–Kier alpha value is -1.62. The Kier molecular flexibility index (Phi) is 11.7. The van der Waals surface area contributed by atoms with E-state index in [-0.39, 0.29) is 6.61 Å². The van der Waals surface area contributed by atoms with Crippen LogP contribution in [0.4, 0.5) is 0 Å². The molecule has 0 saturated carbocycles. The van der Waals surface area contributed by atoms with Crippen molar-refractivity contribution in [1.82, 2.24) is 0 Å². The largest absolute Gasteiger partial charge is 0.463 e. The summed E-state index contributed by atoms with van der Waals surface area (Å²) in [6.45, 7) is 2.76. The number of halogens is 1. The van der Waals surface area contributed by atoms with Crippen LogP contribution in [0.15, 0.2) is 40.9 Å². The summed E-state index contributed by atoms with van der Waals surface area (Å²) in [6, 6.07) is 7.47. The van der Waals surface area contributed by atoms with Crippen LogP contribution in [0.1, 0.15) is 57.4 Å². The molecule has 0 N–H and O–H groups in total. The van der Waals surface area contributed by atoms with E-state index < -0.39 is 11.9 Å². The summed E-state index contributed by atoms with van der Waals surface area (Å²) in [5.74, 6) is -1.07. The Morgan fingerprint density at radius 2 is 1.44 bits per heavy atom. The van der Waals surface area contributed by atoms with Crippen LogP contribution in [-0.4, -0.2) is 18.5 Å². The molecule has 25 heavy (non-hydrogen) atoms. The van der Waals surface area contributed by atoms with Crippen LogP contribution in [0.25, 0.3) is 0 Å². The third-order valence-electron chi connectivity index (χ3n) is 3.64. The maximum absolute atomic E-state index is 11.6. The molecule has 0 amide bonds. The molecular weight excluding hydrogens is 384 g/mol. The highest BCUT2D eigenvalue weighted by Crippen LogP contribution is 2.11. The Morgan fingerprint density at radius 3 is 2.08 bits per heavy atom. The average molecular weight is 411 g/mol. The number of esters is 2. The molecule has 0 heterocycles. The average Bonchev–Trinajstić information content (AvgIpc) is 2.61. The summed E-state index contributed by atoms with van der Waals surface area (Å²) in [5, 5.41) is 0. The first-order valence-electron chi connectivity index (χ1n) is 8.88. The van der Waals surface area contributed by atoms with Gasteiger partial charge in [-0.15, -0.1) is 0 Å². The summed E-state index contributed by atoms with van der Waals surface area (Å²) in [6.07, 6.45) is 10.4. The Bertz CT molecular complexity index is 537. The Morgan fingerprint density at radius 1 is 0.880 bits per heavy atom. The van der Waals surface area contributed by atoms with E-state index in [1.807, 2.05) is 24.3 Å². The van der Waals surface area contributed by atoms with Crippen LogP contribution in [0.5, 0.6) is 0 Å². The second-order valence-electron chi connectivity index (χ2n) is 5.86. The minimum absolute atomic E-state index is 0.170. The summed E-state index contributed by atoms with van der Waals surface area (Å²) in [5.41, 5.74) is 0.881. The lowest BCUT2D eigenvalue weighted by molar-refractivity contribution is -0.141. The van der Waals surface area contributed by atoms with Gasteiger partial charge in [-0.05, 0) is 24.1 Å². The smallest absolute Gasteiger partial charge is 0.331 e. The summed E-state index contributed by atoms with van der Waals surface area (Å²) >= 11 is 3.34. The molecule has 5 heteroatoms. The molecule has 138 valence electrons. The molecule has 4 nitrogen and oxygen atoms in total. The van der Waals surface area contributed by atoms with E-state index in [1.165, 1.54) is 32.1 Å². The van der Waals surface area contributed by atoms with E-state index in [0.717, 1.165) is 35.0 Å². The molecule has 0 spiro atoms. The molecule has 0 saturated heterocycles. The van der Waals surface area contributed by atoms with Crippen LogP contribution in [-0.2, 0) is 25.7 Å². The number of hydrogen-bond donors (Lipinski definition) is 0. The minimum Gasteiger partial charge on any atom is -0.463 e. The molecular formula is C20H27BrO4. The number of unbranched alkanes of at least 4 members (excludes halogenated alkanes) is 6. The SMILES string of the molecule is CCCCCCCCCOC(=O)/C=C/C(=O)OCc1ccc(Br)cc1. The van der Waals surface area contributed by atoms with Crippen LogP contribution in [0.3, 0.4) is 0 Å². The first-order valence-corrected chi connectivity index (χ1v) is 9.67. The standard InChI is InChI=1S/C20H27BrO4/c1-2-3-4-5-6-7-8-15-24-19(22)13-14-20(23)25-16-17-9-11-18(21)12-10-17/h9-14H,2-8,15-16H2,1H3/b14-13+. The first kappa shape index (κ1) is 21.4. The maximum Gasteiger partial charge on any atom is 0.331 e. The predicted octanol–water partition coefficient (Wildman–Crippen LogP) is 5.34. The van der Waals surface area contributed by atoms with Gasteiger partial charge >= 0.3 is 11.9 Å². The van der Waals surface area contributed by atoms with Crippen molar-refractivity contribution in [2.24, 2.45) is 0 Å². The second kappa shape index (κ2) is 13.6. The molecule has 0 fully saturated rings. The zero-order valence-corrected chi connectivity index (χ0v) is 16.4. The molecule has 1 aromatic carbocycles. The quantitative estimate of drug-likeness (QED) is 0.265. The van der Waals surface area contributed by atoms with Crippen molar-refractivity contribution >= 4 is 27.9 Å². The van der Waals surface area contributed by atoms with E-state index in [2.05, 4.69) is 22.9 Å². The van der Waals surface area contributed by atoms with Gasteiger partial charge in [-0.25, -0.2) is 9.59 Å². The fourth-order valence-electron chi connectivity index (χ4n) is 2.20. The fourth-order valence-corrected chi connectivity index (χ4v) is 2.46. The highest BCUT2D eigenvalue weighted by Gasteiger charge is 2.02. The van der Waals surface area contributed by atoms with Crippen LogP contribution in [0, 0.1) is 0 Å². The summed E-state index contributed by atoms with van der Waals surface area (Å²) in [4.78, 5) is 23.1. The molecule has 0 atom stereocenters. The third kappa shape index (κ3) is 11.5. The van der Waals surface area contributed by atoms with Crippen LogP contribution < -0.4 is 0 Å². The number of benzene rings is 1. The van der Waals surface area contributed by atoms with Crippen molar-refractivity contribution in [2.75, 3.05) is 6.61 Å². The van der Waals surface area contributed by atoms with Crippen LogP contribution in [0.2, 0.25) is 0 Å². The van der Waals surface area contributed by atoms with E-state index in [1.54, 1.807) is 0 Å². The number of carbonyl (C=O) groups is 2. The maximum atomic E-state index is 11.6.